The van der Waals surface area contributed by atoms with E-state index in [1.54, 1.807) is 0 Å². The zero-order chi connectivity index (χ0) is 13.5. The maximum atomic E-state index is 13.3. The number of carbonyl (C=O) groups excluding carboxylic acids is 1. The van der Waals surface area contributed by atoms with Crippen molar-refractivity contribution in [3.8, 4) is 0 Å². The molecule has 100 valence electrons. The van der Waals surface area contributed by atoms with Crippen molar-refractivity contribution in [1.29, 1.82) is 0 Å². The molecule has 6 heteroatoms. The number of allylic oxidation sites excluding steroid dienone is 2. The summed E-state index contributed by atoms with van der Waals surface area (Å²) in [5.41, 5.74) is 0.488. The van der Waals surface area contributed by atoms with Crippen LogP contribution in [-0.2, 0) is 4.79 Å². The fourth-order valence-corrected chi connectivity index (χ4v) is 1.23. The van der Waals surface area contributed by atoms with Gasteiger partial charge in [-0.05, 0) is 12.8 Å². The van der Waals surface area contributed by atoms with Gasteiger partial charge in [-0.1, -0.05) is 31.9 Å². The zero-order valence-electron chi connectivity index (χ0n) is 9.69. The second kappa shape index (κ2) is 6.61. The topological polar surface area (TPSA) is 43.1 Å². The molecule has 1 amide bonds. The first-order valence-corrected chi connectivity index (χ1v) is 5.46. The van der Waals surface area contributed by atoms with Gasteiger partial charge in [0, 0.05) is 6.42 Å². The first kappa shape index (κ1) is 15.9. The van der Waals surface area contributed by atoms with Crippen molar-refractivity contribution in [1.82, 2.24) is 0 Å². The molecular formula is C11H17F4NO. The van der Waals surface area contributed by atoms with Crippen LogP contribution >= 0.6 is 0 Å². The first-order chi connectivity index (χ1) is 7.75. The van der Waals surface area contributed by atoms with E-state index in [2.05, 4.69) is 5.73 Å². The predicted octanol–water partition coefficient (Wildman–Crippen LogP) is 3.27. The number of amides is 1. The van der Waals surface area contributed by atoms with Crippen LogP contribution in [0.5, 0.6) is 0 Å². The number of hydrogen-bond acceptors (Lipinski definition) is 1. The van der Waals surface area contributed by atoms with Crippen LogP contribution in [0, 0.1) is 0 Å². The van der Waals surface area contributed by atoms with E-state index in [0.717, 1.165) is 25.3 Å². The van der Waals surface area contributed by atoms with E-state index >= 15 is 0 Å². The molecule has 0 bridgehead atoms. The van der Waals surface area contributed by atoms with Gasteiger partial charge >= 0.3 is 6.18 Å². The van der Waals surface area contributed by atoms with Crippen LogP contribution in [0.25, 0.3) is 0 Å². The molecule has 0 rings (SSSR count). The van der Waals surface area contributed by atoms with Crippen molar-refractivity contribution in [2.24, 2.45) is 5.73 Å². The highest BCUT2D eigenvalue weighted by Gasteiger charge is 2.59. The van der Waals surface area contributed by atoms with Gasteiger partial charge in [-0.25, -0.2) is 4.39 Å². The van der Waals surface area contributed by atoms with Gasteiger partial charge in [0.25, 0.3) is 11.6 Å². The molecule has 1 unspecified atom stereocenters. The van der Waals surface area contributed by atoms with Gasteiger partial charge in [0.2, 0.25) is 0 Å². The summed E-state index contributed by atoms with van der Waals surface area (Å²) in [4.78, 5) is 10.5. The lowest BCUT2D eigenvalue weighted by Crippen LogP contribution is -2.51. The van der Waals surface area contributed by atoms with Gasteiger partial charge in [0.15, 0.2) is 0 Å². The normalized spacial score (nSPS) is 16.1. The number of unbranched alkanes of at least 4 members (excludes halogenated alkanes) is 3. The molecule has 0 spiro atoms. The fraction of sp³-hybridized carbons (Fsp3) is 0.727. The van der Waals surface area contributed by atoms with Crippen molar-refractivity contribution in [2.75, 3.05) is 0 Å². The molecular weight excluding hydrogens is 238 g/mol. The highest BCUT2D eigenvalue weighted by atomic mass is 19.4. The van der Waals surface area contributed by atoms with Gasteiger partial charge < -0.3 is 5.73 Å². The lowest BCUT2D eigenvalue weighted by Gasteiger charge is -2.23. The predicted molar refractivity (Wildman–Crippen MR) is 57.0 cm³/mol. The molecule has 0 aromatic rings. The van der Waals surface area contributed by atoms with E-state index < -0.39 is 24.2 Å². The molecule has 0 aromatic heterocycles. The second-order valence-electron chi connectivity index (χ2n) is 3.83. The third-order valence-electron chi connectivity index (χ3n) is 2.38. The Kier molecular flexibility index (Phi) is 6.20. The maximum Gasteiger partial charge on any atom is 0.432 e. The largest absolute Gasteiger partial charge is 0.432 e. The molecule has 2 nitrogen and oxygen atoms in total. The van der Waals surface area contributed by atoms with Gasteiger partial charge in [-0.15, -0.1) is 0 Å². The average molecular weight is 255 g/mol. The van der Waals surface area contributed by atoms with Crippen LogP contribution in [-0.4, -0.2) is 17.8 Å². The number of hydrogen-bond donors (Lipinski definition) is 1. The minimum atomic E-state index is -5.27. The van der Waals surface area contributed by atoms with E-state index in [0.29, 0.717) is 6.42 Å². The average Bonchev–Trinajstić information content (AvgIpc) is 2.20. The molecule has 0 saturated carbocycles. The van der Waals surface area contributed by atoms with E-state index in [1.165, 1.54) is 6.08 Å². The summed E-state index contributed by atoms with van der Waals surface area (Å²) in [6.07, 6.45) is -0.516. The standard InChI is InChI=1S/C11H17F4NO/c1-2-3-4-5-6-7-8-10(12,9(16)17)11(13,14)15/h6-7H,2-5,8H2,1H3,(H2,16,17)/b7-6+. The summed E-state index contributed by atoms with van der Waals surface area (Å²) in [6, 6.07) is 0. The number of rotatable bonds is 7. The summed E-state index contributed by atoms with van der Waals surface area (Å²) < 4.78 is 50.2. The van der Waals surface area contributed by atoms with Crippen molar-refractivity contribution >= 4 is 5.91 Å². The van der Waals surface area contributed by atoms with E-state index in [1.807, 2.05) is 6.92 Å². The molecule has 2 N–H and O–H groups in total. The third-order valence-corrected chi connectivity index (χ3v) is 2.38. The molecule has 0 aliphatic rings. The highest BCUT2D eigenvalue weighted by molar-refractivity contribution is 5.84. The number of alkyl halides is 4. The van der Waals surface area contributed by atoms with Crippen LogP contribution in [0.15, 0.2) is 12.2 Å². The summed E-state index contributed by atoms with van der Waals surface area (Å²) in [6.45, 7) is 1.99. The van der Waals surface area contributed by atoms with Crippen molar-refractivity contribution in [3.05, 3.63) is 12.2 Å². The van der Waals surface area contributed by atoms with Crippen molar-refractivity contribution in [2.45, 2.75) is 50.9 Å². The third kappa shape index (κ3) is 4.75. The van der Waals surface area contributed by atoms with Crippen molar-refractivity contribution in [3.63, 3.8) is 0 Å². The van der Waals surface area contributed by atoms with Gasteiger partial charge in [0.1, 0.15) is 0 Å². The minimum Gasteiger partial charge on any atom is -0.367 e. The van der Waals surface area contributed by atoms with Gasteiger partial charge in [-0.3, -0.25) is 4.79 Å². The molecule has 0 aliphatic carbocycles. The lowest BCUT2D eigenvalue weighted by atomic mass is 10.00. The molecule has 0 saturated heterocycles. The maximum absolute atomic E-state index is 13.3. The Bertz CT molecular complexity index is 275. The number of nitrogens with two attached hydrogens (primary N) is 1. The van der Waals surface area contributed by atoms with Crippen LogP contribution in [0.2, 0.25) is 0 Å². The van der Waals surface area contributed by atoms with Crippen LogP contribution in [0.4, 0.5) is 17.6 Å². The van der Waals surface area contributed by atoms with Crippen LogP contribution in [0.1, 0.15) is 39.0 Å². The molecule has 17 heavy (non-hydrogen) atoms. The molecule has 0 aliphatic heterocycles. The Labute approximate surface area is 97.9 Å². The fourth-order valence-electron chi connectivity index (χ4n) is 1.23. The van der Waals surface area contributed by atoms with E-state index in [4.69, 9.17) is 0 Å². The lowest BCUT2D eigenvalue weighted by molar-refractivity contribution is -0.224. The van der Waals surface area contributed by atoms with Crippen LogP contribution < -0.4 is 5.73 Å². The smallest absolute Gasteiger partial charge is 0.367 e. The Balaban J connectivity index is 4.34. The Morgan fingerprint density at radius 1 is 1.18 bits per heavy atom. The van der Waals surface area contributed by atoms with Gasteiger partial charge in [0.05, 0.1) is 0 Å². The monoisotopic (exact) mass is 255 g/mol. The Morgan fingerprint density at radius 3 is 2.18 bits per heavy atom. The summed E-state index contributed by atoms with van der Waals surface area (Å²) in [5.74, 6) is -2.00. The SMILES string of the molecule is CCCCC/C=C/CC(F)(C(N)=O)C(F)(F)F. The molecule has 0 fully saturated rings. The summed E-state index contributed by atoms with van der Waals surface area (Å²) in [7, 11) is 0. The minimum absolute atomic E-state index is 0.570. The Morgan fingerprint density at radius 2 is 1.76 bits per heavy atom. The van der Waals surface area contributed by atoms with Crippen molar-refractivity contribution < 1.29 is 22.4 Å². The second-order valence-corrected chi connectivity index (χ2v) is 3.83. The number of primary amides is 1. The highest BCUT2D eigenvalue weighted by Crippen LogP contribution is 2.36. The first-order valence-electron chi connectivity index (χ1n) is 5.46. The summed E-state index contributed by atoms with van der Waals surface area (Å²) >= 11 is 0. The molecule has 0 aromatic carbocycles. The number of halogens is 4. The van der Waals surface area contributed by atoms with Gasteiger partial charge in [-0.2, -0.15) is 13.2 Å². The van der Waals surface area contributed by atoms with Crippen LogP contribution in [0.3, 0.4) is 0 Å². The molecule has 0 radical (unpaired) electrons. The Hall–Kier alpha value is -1.07. The van der Waals surface area contributed by atoms with E-state index in [-0.39, 0.29) is 0 Å². The molecule has 1 atom stereocenters. The van der Waals surface area contributed by atoms with E-state index in [9.17, 15) is 22.4 Å². The zero-order valence-corrected chi connectivity index (χ0v) is 9.69. The quantitative estimate of drug-likeness (QED) is 0.423. The molecule has 0 heterocycles. The number of carbonyl (C=O) groups is 1. The summed E-state index contributed by atoms with van der Waals surface area (Å²) in [5, 5.41) is 0.